The molecule has 1 saturated heterocycles. The van der Waals surface area contributed by atoms with Crippen LogP contribution in [0.1, 0.15) is 17.8 Å². The van der Waals surface area contributed by atoms with E-state index in [0.717, 1.165) is 31.9 Å². The summed E-state index contributed by atoms with van der Waals surface area (Å²) in [5, 5.41) is 18.5. The van der Waals surface area contributed by atoms with Crippen LogP contribution in [0.15, 0.2) is 12.1 Å². The second-order valence-electron chi connectivity index (χ2n) is 5.18. The normalized spacial score (nSPS) is 17.2. The van der Waals surface area contributed by atoms with Crippen LogP contribution in [0.4, 0.5) is 0 Å². The molecule has 0 aliphatic carbocycles. The van der Waals surface area contributed by atoms with Crippen molar-refractivity contribution in [3.63, 3.8) is 0 Å². The van der Waals surface area contributed by atoms with E-state index in [-0.39, 0.29) is 12.2 Å². The first-order valence-electron chi connectivity index (χ1n) is 6.86. The van der Waals surface area contributed by atoms with Crippen molar-refractivity contribution in [3.05, 3.63) is 23.5 Å². The van der Waals surface area contributed by atoms with Crippen LogP contribution in [0, 0.1) is 6.92 Å². The smallest absolute Gasteiger partial charge is 0.304 e. The fraction of sp³-hybridized carbons (Fsp3) is 0.571. The zero-order chi connectivity index (χ0) is 14.5. The molecule has 6 nitrogen and oxygen atoms in total. The highest BCUT2D eigenvalue weighted by molar-refractivity contribution is 5.66. The molecule has 0 unspecified atom stereocenters. The van der Waals surface area contributed by atoms with Crippen LogP contribution in [0.5, 0.6) is 5.75 Å². The van der Waals surface area contributed by atoms with Gasteiger partial charge in [-0.1, -0.05) is 0 Å². The summed E-state index contributed by atoms with van der Waals surface area (Å²) in [7, 11) is 0. The van der Waals surface area contributed by atoms with Gasteiger partial charge in [-0.25, -0.2) is 0 Å². The van der Waals surface area contributed by atoms with E-state index in [1.54, 1.807) is 12.1 Å². The van der Waals surface area contributed by atoms with Gasteiger partial charge in [0.2, 0.25) is 0 Å². The van der Waals surface area contributed by atoms with E-state index in [4.69, 9.17) is 5.11 Å². The molecular formula is C14H21N3O3. The van der Waals surface area contributed by atoms with Crippen molar-refractivity contribution in [1.82, 2.24) is 14.8 Å². The minimum Gasteiger partial charge on any atom is -0.506 e. The zero-order valence-corrected chi connectivity index (χ0v) is 11.7. The Morgan fingerprint density at radius 1 is 1.25 bits per heavy atom. The summed E-state index contributed by atoms with van der Waals surface area (Å²) < 4.78 is 0. The predicted octanol–water partition coefficient (Wildman–Crippen LogP) is 0.688. The Kier molecular flexibility index (Phi) is 4.92. The van der Waals surface area contributed by atoms with Gasteiger partial charge in [0.15, 0.2) is 0 Å². The number of aromatic nitrogens is 1. The fourth-order valence-corrected chi connectivity index (χ4v) is 2.36. The molecule has 0 saturated carbocycles. The van der Waals surface area contributed by atoms with Crippen molar-refractivity contribution < 1.29 is 15.0 Å². The Morgan fingerprint density at radius 2 is 1.90 bits per heavy atom. The lowest BCUT2D eigenvalue weighted by atomic mass is 10.2. The molecule has 1 fully saturated rings. The van der Waals surface area contributed by atoms with E-state index >= 15 is 0 Å². The van der Waals surface area contributed by atoms with Crippen LogP contribution < -0.4 is 0 Å². The third kappa shape index (κ3) is 4.18. The van der Waals surface area contributed by atoms with Gasteiger partial charge in [-0.15, -0.1) is 0 Å². The number of pyridine rings is 1. The monoisotopic (exact) mass is 279 g/mol. The third-order valence-electron chi connectivity index (χ3n) is 3.57. The number of carboxylic acid groups (broad SMARTS) is 1. The number of nitrogens with zero attached hydrogens (tertiary/aromatic N) is 3. The molecule has 20 heavy (non-hydrogen) atoms. The molecule has 0 radical (unpaired) electrons. The second kappa shape index (κ2) is 6.67. The zero-order valence-electron chi connectivity index (χ0n) is 11.7. The van der Waals surface area contributed by atoms with Crippen LogP contribution in [0.3, 0.4) is 0 Å². The van der Waals surface area contributed by atoms with Gasteiger partial charge in [0.05, 0.1) is 12.1 Å². The van der Waals surface area contributed by atoms with Crippen LogP contribution in [-0.2, 0) is 11.3 Å². The maximum Gasteiger partial charge on any atom is 0.304 e. The molecule has 0 aromatic carbocycles. The maximum atomic E-state index is 10.5. The first-order chi connectivity index (χ1) is 9.54. The Balaban J connectivity index is 1.82. The minimum atomic E-state index is -0.749. The van der Waals surface area contributed by atoms with Gasteiger partial charge in [-0.2, -0.15) is 0 Å². The summed E-state index contributed by atoms with van der Waals surface area (Å²) in [5.41, 5.74) is 1.61. The van der Waals surface area contributed by atoms with Crippen molar-refractivity contribution >= 4 is 5.97 Å². The number of hydrogen-bond donors (Lipinski definition) is 2. The van der Waals surface area contributed by atoms with Crippen molar-refractivity contribution in [2.45, 2.75) is 19.9 Å². The molecule has 2 rings (SSSR count). The van der Waals surface area contributed by atoms with Crippen molar-refractivity contribution in [1.29, 1.82) is 0 Å². The molecule has 1 aromatic rings. The molecule has 0 bridgehead atoms. The number of carbonyl (C=O) groups is 1. The summed E-state index contributed by atoms with van der Waals surface area (Å²) in [6, 6.07) is 3.48. The second-order valence-corrected chi connectivity index (χ2v) is 5.18. The van der Waals surface area contributed by atoms with E-state index in [1.807, 2.05) is 6.92 Å². The number of aryl methyl sites for hydroxylation is 1. The molecule has 1 aliphatic heterocycles. The standard InChI is InChI=1S/C14H21N3O3/c1-11-2-3-13(18)12(15-11)10-17-8-6-16(7-9-17)5-4-14(19)20/h2-3,18H,4-10H2,1H3,(H,19,20). The number of aromatic hydroxyl groups is 1. The lowest BCUT2D eigenvalue weighted by Crippen LogP contribution is -2.46. The summed E-state index contributed by atoms with van der Waals surface area (Å²) in [6.07, 6.45) is 0.195. The summed E-state index contributed by atoms with van der Waals surface area (Å²) in [5.74, 6) is -0.509. The molecule has 110 valence electrons. The highest BCUT2D eigenvalue weighted by Crippen LogP contribution is 2.17. The minimum absolute atomic E-state index is 0.195. The van der Waals surface area contributed by atoms with Gasteiger partial charge in [-0.3, -0.25) is 14.7 Å². The lowest BCUT2D eigenvalue weighted by Gasteiger charge is -2.34. The summed E-state index contributed by atoms with van der Waals surface area (Å²) in [6.45, 7) is 6.62. The molecular weight excluding hydrogens is 258 g/mol. The van der Waals surface area contributed by atoms with Crippen LogP contribution in [0.25, 0.3) is 0 Å². The molecule has 2 heterocycles. The van der Waals surface area contributed by atoms with E-state index < -0.39 is 5.97 Å². The van der Waals surface area contributed by atoms with Crippen LogP contribution in [-0.4, -0.2) is 63.7 Å². The Hall–Kier alpha value is -1.66. The van der Waals surface area contributed by atoms with Crippen molar-refractivity contribution in [3.8, 4) is 5.75 Å². The van der Waals surface area contributed by atoms with Gasteiger partial charge >= 0.3 is 5.97 Å². The SMILES string of the molecule is Cc1ccc(O)c(CN2CCN(CCC(=O)O)CC2)n1. The topological polar surface area (TPSA) is 76.9 Å². The third-order valence-corrected chi connectivity index (χ3v) is 3.57. The average molecular weight is 279 g/mol. The summed E-state index contributed by atoms with van der Waals surface area (Å²) in [4.78, 5) is 19.3. The number of piperazine rings is 1. The van der Waals surface area contributed by atoms with Gasteiger partial charge in [0, 0.05) is 45.0 Å². The van der Waals surface area contributed by atoms with Gasteiger partial charge in [0.1, 0.15) is 5.75 Å². The molecule has 2 N–H and O–H groups in total. The number of aliphatic carboxylic acids is 1. The summed E-state index contributed by atoms with van der Waals surface area (Å²) >= 11 is 0. The maximum absolute atomic E-state index is 10.5. The predicted molar refractivity (Wildman–Crippen MR) is 74.6 cm³/mol. The molecule has 1 aromatic heterocycles. The molecule has 0 amide bonds. The quantitative estimate of drug-likeness (QED) is 0.826. The van der Waals surface area contributed by atoms with Crippen molar-refractivity contribution in [2.24, 2.45) is 0 Å². The van der Waals surface area contributed by atoms with Crippen LogP contribution in [0.2, 0.25) is 0 Å². The first kappa shape index (κ1) is 14.7. The van der Waals surface area contributed by atoms with E-state index in [9.17, 15) is 9.90 Å². The van der Waals surface area contributed by atoms with Gasteiger partial charge in [0.25, 0.3) is 0 Å². The highest BCUT2D eigenvalue weighted by atomic mass is 16.4. The van der Waals surface area contributed by atoms with E-state index in [2.05, 4.69) is 14.8 Å². The largest absolute Gasteiger partial charge is 0.506 e. The fourth-order valence-electron chi connectivity index (χ4n) is 2.36. The van der Waals surface area contributed by atoms with Crippen molar-refractivity contribution in [2.75, 3.05) is 32.7 Å². The molecule has 1 aliphatic rings. The van der Waals surface area contributed by atoms with Gasteiger partial charge < -0.3 is 15.1 Å². The van der Waals surface area contributed by atoms with E-state index in [0.29, 0.717) is 18.8 Å². The first-order valence-corrected chi connectivity index (χ1v) is 6.86. The Bertz CT molecular complexity index is 471. The van der Waals surface area contributed by atoms with Gasteiger partial charge in [-0.05, 0) is 19.1 Å². The number of hydrogen-bond acceptors (Lipinski definition) is 5. The number of rotatable bonds is 5. The van der Waals surface area contributed by atoms with Crippen LogP contribution >= 0.6 is 0 Å². The molecule has 0 spiro atoms. The Labute approximate surface area is 118 Å². The average Bonchev–Trinajstić information content (AvgIpc) is 2.42. The number of carboxylic acids is 1. The molecule has 6 heteroatoms. The molecule has 0 atom stereocenters. The Morgan fingerprint density at radius 3 is 2.55 bits per heavy atom. The van der Waals surface area contributed by atoms with E-state index in [1.165, 1.54) is 0 Å². The highest BCUT2D eigenvalue weighted by Gasteiger charge is 2.18. The lowest BCUT2D eigenvalue weighted by molar-refractivity contribution is -0.137.